The zero-order valence-electron chi connectivity index (χ0n) is 15.3. The second-order valence-corrected chi connectivity index (χ2v) is 6.08. The van der Waals surface area contributed by atoms with Crippen LogP contribution in [0.3, 0.4) is 0 Å². The van der Waals surface area contributed by atoms with E-state index in [-0.39, 0.29) is 35.8 Å². The third-order valence-electron chi connectivity index (χ3n) is 3.62. The van der Waals surface area contributed by atoms with Gasteiger partial charge in [-0.1, -0.05) is 30.3 Å². The Labute approximate surface area is 171 Å². The van der Waals surface area contributed by atoms with Crippen LogP contribution in [0.2, 0.25) is 0 Å². The highest BCUT2D eigenvalue weighted by Gasteiger charge is 2.06. The van der Waals surface area contributed by atoms with Crippen LogP contribution in [-0.2, 0) is 24.4 Å². The predicted molar refractivity (Wildman–Crippen MR) is 115 cm³/mol. The molecule has 0 radical (unpaired) electrons. The van der Waals surface area contributed by atoms with Gasteiger partial charge in [-0.15, -0.1) is 24.0 Å². The zero-order chi connectivity index (χ0) is 18.2. The first-order valence-corrected chi connectivity index (χ1v) is 8.05. The summed E-state index contributed by atoms with van der Waals surface area (Å²) in [4.78, 5) is 6.21. The number of benzene rings is 2. The number of guanidine groups is 1. The summed E-state index contributed by atoms with van der Waals surface area (Å²) in [6.07, 6.45) is 0. The van der Waals surface area contributed by atoms with Crippen molar-refractivity contribution in [3.63, 3.8) is 0 Å². The maximum atomic E-state index is 14.1. The van der Waals surface area contributed by atoms with Gasteiger partial charge in [0.05, 0.1) is 13.2 Å². The second kappa shape index (κ2) is 11.1. The number of nitrogens with one attached hydrogen (secondary N) is 1. The molecule has 0 aliphatic rings. The Balaban J connectivity index is 0.00000338. The molecule has 0 aromatic heterocycles. The molecule has 0 saturated carbocycles. The third-order valence-corrected chi connectivity index (χ3v) is 3.62. The van der Waals surface area contributed by atoms with E-state index in [0.29, 0.717) is 25.3 Å². The van der Waals surface area contributed by atoms with Crippen molar-refractivity contribution in [2.45, 2.75) is 19.7 Å². The van der Waals surface area contributed by atoms with E-state index in [1.165, 1.54) is 6.07 Å². The maximum Gasteiger partial charge on any atom is 0.193 e. The van der Waals surface area contributed by atoms with Gasteiger partial charge in [0.15, 0.2) is 5.96 Å². The molecule has 2 aromatic carbocycles. The number of methoxy groups -OCH3 is 1. The Morgan fingerprint density at radius 2 is 1.92 bits per heavy atom. The van der Waals surface area contributed by atoms with Gasteiger partial charge in [-0.2, -0.15) is 0 Å². The van der Waals surface area contributed by atoms with E-state index in [0.717, 1.165) is 16.8 Å². The van der Waals surface area contributed by atoms with Crippen molar-refractivity contribution in [2.24, 2.45) is 10.7 Å². The summed E-state index contributed by atoms with van der Waals surface area (Å²) in [5, 5.41) is 3.06. The minimum absolute atomic E-state index is 0. The number of rotatable bonds is 7. The fourth-order valence-corrected chi connectivity index (χ4v) is 2.44. The lowest BCUT2D eigenvalue weighted by atomic mass is 10.1. The number of nitrogens with two attached hydrogens (primary N) is 1. The van der Waals surface area contributed by atoms with Crippen LogP contribution in [0, 0.1) is 5.82 Å². The normalized spacial score (nSPS) is 11.3. The zero-order valence-corrected chi connectivity index (χ0v) is 17.7. The monoisotopic (exact) mass is 472 g/mol. The number of aliphatic imine (C=N–C) groups is 1. The van der Waals surface area contributed by atoms with Crippen LogP contribution in [-0.4, -0.2) is 32.1 Å². The van der Waals surface area contributed by atoms with E-state index in [1.807, 2.05) is 49.3 Å². The van der Waals surface area contributed by atoms with Gasteiger partial charge in [-0.25, -0.2) is 9.38 Å². The van der Waals surface area contributed by atoms with E-state index in [9.17, 15) is 4.39 Å². The Morgan fingerprint density at radius 3 is 2.58 bits per heavy atom. The molecular weight excluding hydrogens is 446 g/mol. The number of hydrogen-bond donors (Lipinski definition) is 2. The van der Waals surface area contributed by atoms with Gasteiger partial charge < -0.3 is 20.7 Å². The summed E-state index contributed by atoms with van der Waals surface area (Å²) in [7, 11) is 5.46. The average Bonchev–Trinajstić information content (AvgIpc) is 2.57. The first-order valence-electron chi connectivity index (χ1n) is 8.05. The fourth-order valence-electron chi connectivity index (χ4n) is 2.44. The van der Waals surface area contributed by atoms with Crippen LogP contribution in [0.25, 0.3) is 0 Å². The molecular formula is C19H26FIN4O. The molecule has 0 fully saturated rings. The first-order chi connectivity index (χ1) is 12.0. The Hall–Kier alpha value is -1.71. The van der Waals surface area contributed by atoms with Crippen molar-refractivity contribution in [3.05, 3.63) is 65.0 Å². The lowest BCUT2D eigenvalue weighted by Crippen LogP contribution is -2.23. The highest BCUT2D eigenvalue weighted by atomic mass is 127. The topological polar surface area (TPSA) is 62.9 Å². The Morgan fingerprint density at radius 1 is 1.19 bits per heavy atom. The summed E-state index contributed by atoms with van der Waals surface area (Å²) in [5.74, 6) is 0.0553. The summed E-state index contributed by atoms with van der Waals surface area (Å²) in [5.41, 5.74) is 9.22. The van der Waals surface area contributed by atoms with Gasteiger partial charge in [0.1, 0.15) is 5.82 Å². The summed E-state index contributed by atoms with van der Waals surface area (Å²) in [6.45, 7) is 1.36. The molecule has 0 amide bonds. The molecule has 2 aromatic rings. The third kappa shape index (κ3) is 6.89. The summed E-state index contributed by atoms with van der Waals surface area (Å²) in [6, 6.07) is 12.9. The van der Waals surface area contributed by atoms with Crippen molar-refractivity contribution in [2.75, 3.05) is 26.5 Å². The highest BCUT2D eigenvalue weighted by Crippen LogP contribution is 2.16. The molecule has 0 heterocycles. The van der Waals surface area contributed by atoms with Gasteiger partial charge in [0.25, 0.3) is 0 Å². The van der Waals surface area contributed by atoms with E-state index < -0.39 is 0 Å². The number of halogens is 2. The van der Waals surface area contributed by atoms with Crippen LogP contribution in [0.4, 0.5) is 10.1 Å². The van der Waals surface area contributed by atoms with Gasteiger partial charge in [0, 0.05) is 30.5 Å². The van der Waals surface area contributed by atoms with Crippen molar-refractivity contribution < 1.29 is 9.13 Å². The van der Waals surface area contributed by atoms with Crippen LogP contribution in [0.1, 0.15) is 16.7 Å². The number of nitrogens with zero attached hydrogens (tertiary/aromatic N) is 2. The molecule has 26 heavy (non-hydrogen) atoms. The van der Waals surface area contributed by atoms with Crippen LogP contribution >= 0.6 is 24.0 Å². The van der Waals surface area contributed by atoms with E-state index >= 15 is 0 Å². The standard InChI is InChI=1S/C19H25FN4O.HI/c1-24(2)12-15-9-8-14(10-17(15)20)11-22-19(21)23-18-7-5-4-6-16(18)13-25-3;/h4-10H,11-13H2,1-3H3,(H3,21,22,23);1H. The lowest BCUT2D eigenvalue weighted by molar-refractivity contribution is 0.185. The van der Waals surface area contributed by atoms with Crippen LogP contribution < -0.4 is 11.1 Å². The number of anilines is 1. The van der Waals surface area contributed by atoms with Gasteiger partial charge in [-0.05, 0) is 31.8 Å². The molecule has 0 unspecified atom stereocenters. The van der Waals surface area contributed by atoms with E-state index in [2.05, 4.69) is 10.3 Å². The Bertz CT molecular complexity index is 737. The fraction of sp³-hybridized carbons (Fsp3) is 0.316. The number of ether oxygens (including phenoxy) is 1. The molecule has 0 saturated heterocycles. The van der Waals surface area contributed by atoms with Gasteiger partial charge >= 0.3 is 0 Å². The SMILES string of the molecule is COCc1ccccc1NC(N)=NCc1ccc(CN(C)C)c(F)c1.I. The second-order valence-electron chi connectivity index (χ2n) is 6.08. The number of para-hydroxylation sites is 1. The quantitative estimate of drug-likeness (QED) is 0.368. The maximum absolute atomic E-state index is 14.1. The molecule has 0 aliphatic carbocycles. The largest absolute Gasteiger partial charge is 0.380 e. The minimum Gasteiger partial charge on any atom is -0.380 e. The van der Waals surface area contributed by atoms with Gasteiger partial charge in [0.2, 0.25) is 0 Å². The average molecular weight is 472 g/mol. The molecule has 0 aliphatic heterocycles. The number of hydrogen-bond acceptors (Lipinski definition) is 3. The van der Waals surface area contributed by atoms with Gasteiger partial charge in [-0.3, -0.25) is 0 Å². The molecule has 2 rings (SSSR count). The van der Waals surface area contributed by atoms with Crippen LogP contribution in [0.15, 0.2) is 47.5 Å². The molecule has 3 N–H and O–H groups in total. The van der Waals surface area contributed by atoms with Crippen molar-refractivity contribution in [3.8, 4) is 0 Å². The molecule has 7 heteroatoms. The summed E-state index contributed by atoms with van der Waals surface area (Å²) >= 11 is 0. The smallest absolute Gasteiger partial charge is 0.193 e. The highest BCUT2D eigenvalue weighted by molar-refractivity contribution is 14.0. The molecule has 0 spiro atoms. The minimum atomic E-state index is -0.224. The summed E-state index contributed by atoms with van der Waals surface area (Å²) < 4.78 is 19.2. The van der Waals surface area contributed by atoms with Crippen molar-refractivity contribution in [1.29, 1.82) is 0 Å². The van der Waals surface area contributed by atoms with Crippen molar-refractivity contribution >= 4 is 35.6 Å². The lowest BCUT2D eigenvalue weighted by Gasteiger charge is -2.12. The predicted octanol–water partition coefficient (Wildman–Crippen LogP) is 3.58. The molecule has 142 valence electrons. The van der Waals surface area contributed by atoms with Crippen LogP contribution in [0.5, 0.6) is 0 Å². The molecule has 0 bridgehead atoms. The Kier molecular flexibility index (Phi) is 9.53. The van der Waals surface area contributed by atoms with E-state index in [4.69, 9.17) is 10.5 Å². The molecule has 0 atom stereocenters. The molecule has 5 nitrogen and oxygen atoms in total. The van der Waals surface area contributed by atoms with E-state index in [1.54, 1.807) is 13.2 Å². The first kappa shape index (κ1) is 22.3. The van der Waals surface area contributed by atoms with Crippen molar-refractivity contribution in [1.82, 2.24) is 4.90 Å².